The van der Waals surface area contributed by atoms with Crippen molar-refractivity contribution in [3.05, 3.63) is 23.8 Å². The van der Waals surface area contributed by atoms with Crippen molar-refractivity contribution in [2.75, 3.05) is 33.4 Å². The molecule has 1 fully saturated rings. The number of piperidine rings is 1. The van der Waals surface area contributed by atoms with E-state index in [-0.39, 0.29) is 18.3 Å². The van der Waals surface area contributed by atoms with Crippen molar-refractivity contribution >= 4 is 18.3 Å². The fourth-order valence-electron chi connectivity index (χ4n) is 2.94. The normalized spacial score (nSPS) is 20.0. The molecule has 2 heterocycles. The number of hydrogen-bond donors (Lipinski definition) is 1. The van der Waals surface area contributed by atoms with Gasteiger partial charge in [0.25, 0.3) is 5.91 Å². The van der Waals surface area contributed by atoms with E-state index >= 15 is 0 Å². The number of amides is 1. The molecule has 122 valence electrons. The molecule has 0 saturated carbocycles. The van der Waals surface area contributed by atoms with E-state index in [1.54, 1.807) is 11.0 Å². The molecule has 1 atom stereocenters. The van der Waals surface area contributed by atoms with Crippen LogP contribution in [0.25, 0.3) is 0 Å². The molecule has 1 N–H and O–H groups in total. The zero-order valence-corrected chi connectivity index (χ0v) is 13.7. The number of carbonyl (C=O) groups excluding carboxylic acids is 1. The van der Waals surface area contributed by atoms with Crippen LogP contribution in [0.2, 0.25) is 0 Å². The molecule has 6 heteroatoms. The van der Waals surface area contributed by atoms with E-state index in [1.807, 2.05) is 19.2 Å². The second-order valence-electron chi connectivity index (χ2n) is 5.66. The lowest BCUT2D eigenvalue weighted by Crippen LogP contribution is -2.44. The average molecular weight is 327 g/mol. The Balaban J connectivity index is 0.00000176. The van der Waals surface area contributed by atoms with Gasteiger partial charge in [-0.2, -0.15) is 0 Å². The van der Waals surface area contributed by atoms with Crippen LogP contribution in [0.1, 0.15) is 29.6 Å². The van der Waals surface area contributed by atoms with Gasteiger partial charge in [0.1, 0.15) is 13.2 Å². The van der Waals surface area contributed by atoms with Gasteiger partial charge in [-0.25, -0.2) is 0 Å². The van der Waals surface area contributed by atoms with Crippen molar-refractivity contribution in [3.8, 4) is 11.5 Å². The Hall–Kier alpha value is -1.46. The molecule has 1 aromatic rings. The van der Waals surface area contributed by atoms with E-state index in [4.69, 9.17) is 9.47 Å². The number of halogens is 1. The zero-order chi connectivity index (χ0) is 14.7. The smallest absolute Gasteiger partial charge is 0.257 e. The van der Waals surface area contributed by atoms with E-state index in [9.17, 15) is 4.79 Å². The summed E-state index contributed by atoms with van der Waals surface area (Å²) in [7, 11) is 1.85. The highest BCUT2D eigenvalue weighted by molar-refractivity contribution is 5.97. The maximum Gasteiger partial charge on any atom is 0.257 e. The summed E-state index contributed by atoms with van der Waals surface area (Å²) in [6, 6.07) is 5.88. The van der Waals surface area contributed by atoms with Crippen molar-refractivity contribution in [3.63, 3.8) is 0 Å². The van der Waals surface area contributed by atoms with Crippen LogP contribution in [-0.4, -0.2) is 50.2 Å². The summed E-state index contributed by atoms with van der Waals surface area (Å²) in [4.78, 5) is 14.4. The predicted octanol–water partition coefficient (Wildman–Crippen LogP) is 2.09. The minimum atomic E-state index is -0.00952. The lowest BCUT2D eigenvalue weighted by Gasteiger charge is -2.29. The van der Waals surface area contributed by atoms with Crippen molar-refractivity contribution in [1.29, 1.82) is 0 Å². The number of para-hydroxylation sites is 1. The molecule has 1 unspecified atom stereocenters. The number of likely N-dealkylation sites (N-methyl/N-ethyl adjacent to an activating group) is 1. The molecular weight excluding hydrogens is 304 g/mol. The number of nitrogens with zero attached hydrogens (tertiary/aromatic N) is 1. The zero-order valence-electron chi connectivity index (χ0n) is 12.8. The average Bonchev–Trinajstić information content (AvgIpc) is 2.54. The number of carbonyl (C=O) groups is 1. The Labute approximate surface area is 137 Å². The second kappa shape index (κ2) is 7.70. The molecule has 2 aliphatic rings. The quantitative estimate of drug-likeness (QED) is 0.924. The summed E-state index contributed by atoms with van der Waals surface area (Å²) in [5, 5.41) is 3.47. The van der Waals surface area contributed by atoms with Crippen LogP contribution in [0.5, 0.6) is 11.5 Å². The largest absolute Gasteiger partial charge is 0.486 e. The van der Waals surface area contributed by atoms with Gasteiger partial charge >= 0.3 is 0 Å². The highest BCUT2D eigenvalue weighted by atomic mass is 35.5. The van der Waals surface area contributed by atoms with Crippen LogP contribution in [-0.2, 0) is 0 Å². The predicted molar refractivity (Wildman–Crippen MR) is 87.3 cm³/mol. The number of fused-ring (bicyclic) bond motifs is 1. The Bertz CT molecular complexity index is 518. The van der Waals surface area contributed by atoms with Crippen LogP contribution in [0, 0.1) is 0 Å². The molecule has 1 saturated heterocycles. The van der Waals surface area contributed by atoms with Gasteiger partial charge in [-0.1, -0.05) is 12.5 Å². The lowest BCUT2D eigenvalue weighted by atomic mass is 10.0. The van der Waals surface area contributed by atoms with E-state index in [2.05, 4.69) is 5.32 Å². The third-order valence-electron chi connectivity index (χ3n) is 4.05. The molecule has 3 rings (SSSR count). The molecule has 1 amide bonds. The number of nitrogens with one attached hydrogen (secondary N) is 1. The molecule has 0 aliphatic carbocycles. The van der Waals surface area contributed by atoms with Gasteiger partial charge in [0.05, 0.1) is 5.56 Å². The molecule has 0 aromatic heterocycles. The first kappa shape index (κ1) is 16.9. The molecule has 0 radical (unpaired) electrons. The maximum absolute atomic E-state index is 12.7. The third-order valence-corrected chi connectivity index (χ3v) is 4.05. The number of hydrogen-bond acceptors (Lipinski definition) is 4. The highest BCUT2D eigenvalue weighted by Crippen LogP contribution is 2.34. The monoisotopic (exact) mass is 326 g/mol. The Morgan fingerprint density at radius 3 is 2.91 bits per heavy atom. The molecule has 1 aromatic carbocycles. The summed E-state index contributed by atoms with van der Waals surface area (Å²) in [5.74, 6) is 1.23. The standard InChI is InChI=1S/C16H22N2O3.ClH/c1-18(11-12-5-2-3-8-17-12)16(19)13-6-4-7-14-15(13)21-10-9-20-14;/h4,6-7,12,17H,2-3,5,8-11H2,1H3;1H. The van der Waals surface area contributed by atoms with E-state index < -0.39 is 0 Å². The third kappa shape index (κ3) is 3.65. The van der Waals surface area contributed by atoms with E-state index in [1.165, 1.54) is 12.8 Å². The number of rotatable bonds is 3. The van der Waals surface area contributed by atoms with Crippen LogP contribution >= 0.6 is 12.4 Å². The number of benzene rings is 1. The van der Waals surface area contributed by atoms with E-state index in [0.29, 0.717) is 36.3 Å². The minimum absolute atomic E-state index is 0. The Morgan fingerprint density at radius 1 is 1.32 bits per heavy atom. The summed E-state index contributed by atoms with van der Waals surface area (Å²) < 4.78 is 11.2. The van der Waals surface area contributed by atoms with Crippen LogP contribution in [0.15, 0.2) is 18.2 Å². The molecule has 0 spiro atoms. The van der Waals surface area contributed by atoms with Crippen molar-refractivity contribution < 1.29 is 14.3 Å². The highest BCUT2D eigenvalue weighted by Gasteiger charge is 2.24. The van der Waals surface area contributed by atoms with Gasteiger partial charge < -0.3 is 19.7 Å². The molecule has 0 bridgehead atoms. The topological polar surface area (TPSA) is 50.8 Å². The first-order valence-electron chi connectivity index (χ1n) is 7.63. The second-order valence-corrected chi connectivity index (χ2v) is 5.66. The van der Waals surface area contributed by atoms with Crippen molar-refractivity contribution in [2.45, 2.75) is 25.3 Å². The van der Waals surface area contributed by atoms with Crippen LogP contribution in [0.3, 0.4) is 0 Å². The summed E-state index contributed by atoms with van der Waals surface area (Å²) in [6.45, 7) is 2.80. The van der Waals surface area contributed by atoms with Gasteiger partial charge in [-0.3, -0.25) is 4.79 Å². The van der Waals surface area contributed by atoms with Crippen LogP contribution in [0.4, 0.5) is 0 Å². The first-order chi connectivity index (χ1) is 10.3. The van der Waals surface area contributed by atoms with Gasteiger partial charge in [0.2, 0.25) is 0 Å². The van der Waals surface area contributed by atoms with Gasteiger partial charge in [-0.15, -0.1) is 12.4 Å². The van der Waals surface area contributed by atoms with Crippen LogP contribution < -0.4 is 14.8 Å². The maximum atomic E-state index is 12.7. The molecular formula is C16H23ClN2O3. The lowest BCUT2D eigenvalue weighted by molar-refractivity contribution is 0.0765. The minimum Gasteiger partial charge on any atom is -0.486 e. The summed E-state index contributed by atoms with van der Waals surface area (Å²) in [6.07, 6.45) is 3.59. The van der Waals surface area contributed by atoms with Gasteiger partial charge in [0, 0.05) is 19.6 Å². The summed E-state index contributed by atoms with van der Waals surface area (Å²) in [5.41, 5.74) is 0.588. The Kier molecular flexibility index (Phi) is 5.91. The molecule has 5 nitrogen and oxygen atoms in total. The fourth-order valence-corrected chi connectivity index (χ4v) is 2.94. The fraction of sp³-hybridized carbons (Fsp3) is 0.562. The van der Waals surface area contributed by atoms with Gasteiger partial charge in [-0.05, 0) is 31.5 Å². The van der Waals surface area contributed by atoms with Crippen molar-refractivity contribution in [1.82, 2.24) is 10.2 Å². The SMILES string of the molecule is CN(CC1CCCCN1)C(=O)c1cccc2c1OCCO2.Cl. The van der Waals surface area contributed by atoms with Gasteiger partial charge in [0.15, 0.2) is 11.5 Å². The Morgan fingerprint density at radius 2 is 2.14 bits per heavy atom. The van der Waals surface area contributed by atoms with E-state index in [0.717, 1.165) is 19.5 Å². The number of ether oxygens (including phenoxy) is 2. The summed E-state index contributed by atoms with van der Waals surface area (Å²) >= 11 is 0. The van der Waals surface area contributed by atoms with Crippen molar-refractivity contribution in [2.24, 2.45) is 0 Å². The first-order valence-corrected chi connectivity index (χ1v) is 7.63. The molecule has 2 aliphatic heterocycles. The molecule has 22 heavy (non-hydrogen) atoms.